The Hall–Kier alpha value is -2.79. The van der Waals surface area contributed by atoms with E-state index in [1.807, 2.05) is 53.6 Å². The molecule has 1 aromatic heterocycles. The number of likely N-dealkylation sites (tertiary alicyclic amines) is 1. The molecule has 2 unspecified atom stereocenters. The molecule has 2 aromatic carbocycles. The lowest BCUT2D eigenvalue weighted by atomic mass is 9.90. The minimum Gasteiger partial charge on any atom is -0.361 e. The number of carbonyl (C=O) groups excluding carboxylic acids is 2. The van der Waals surface area contributed by atoms with E-state index in [4.69, 9.17) is 11.6 Å². The minimum absolute atomic E-state index is 0.0524. The summed E-state index contributed by atoms with van der Waals surface area (Å²) >= 11 is 6.54. The number of nitrogens with zero attached hydrogens (tertiary/aromatic N) is 1. The van der Waals surface area contributed by atoms with Gasteiger partial charge in [0.05, 0.1) is 5.92 Å². The van der Waals surface area contributed by atoms with Crippen molar-refractivity contribution in [3.63, 3.8) is 0 Å². The molecule has 2 N–H and O–H groups in total. The number of fused-ring (bicyclic) bond motifs is 1. The predicted molar refractivity (Wildman–Crippen MR) is 117 cm³/mol. The van der Waals surface area contributed by atoms with Crippen molar-refractivity contribution in [3.05, 3.63) is 70.9 Å². The van der Waals surface area contributed by atoms with Gasteiger partial charge in [-0.05, 0) is 36.1 Å². The van der Waals surface area contributed by atoms with E-state index in [9.17, 15) is 9.59 Å². The Morgan fingerprint density at radius 1 is 1.13 bits per heavy atom. The number of hydrogen-bond donors (Lipinski definition) is 2. The molecule has 2 heterocycles. The van der Waals surface area contributed by atoms with Gasteiger partial charge in [-0.15, -0.1) is 0 Å². The van der Waals surface area contributed by atoms with E-state index >= 15 is 0 Å². The van der Waals surface area contributed by atoms with Crippen LogP contribution in [0.5, 0.6) is 0 Å². The number of nitrogens with one attached hydrogen (secondary N) is 2. The molecule has 2 aliphatic rings. The normalized spacial score (nSPS) is 20.0. The number of H-pyrrole nitrogens is 1. The average molecular weight is 422 g/mol. The van der Waals surface area contributed by atoms with Gasteiger partial charge in [0, 0.05) is 53.6 Å². The van der Waals surface area contributed by atoms with Crippen LogP contribution < -0.4 is 5.32 Å². The zero-order chi connectivity index (χ0) is 20.7. The van der Waals surface area contributed by atoms with Crippen LogP contribution in [0.15, 0.2) is 54.7 Å². The maximum Gasteiger partial charge on any atom is 0.225 e. The first kappa shape index (κ1) is 19.2. The van der Waals surface area contributed by atoms with E-state index in [0.29, 0.717) is 30.6 Å². The van der Waals surface area contributed by atoms with Crippen LogP contribution >= 0.6 is 11.6 Å². The number of aromatic amines is 1. The zero-order valence-electron chi connectivity index (χ0n) is 16.6. The number of halogens is 1. The van der Waals surface area contributed by atoms with Crippen molar-refractivity contribution in [1.82, 2.24) is 15.2 Å². The summed E-state index contributed by atoms with van der Waals surface area (Å²) in [6.07, 6.45) is 4.44. The maximum absolute atomic E-state index is 12.9. The Morgan fingerprint density at radius 2 is 1.90 bits per heavy atom. The number of hydrogen-bond acceptors (Lipinski definition) is 2. The van der Waals surface area contributed by atoms with Crippen LogP contribution in [-0.2, 0) is 9.59 Å². The van der Waals surface area contributed by atoms with E-state index in [0.717, 1.165) is 34.9 Å². The summed E-state index contributed by atoms with van der Waals surface area (Å²) in [7, 11) is 0. The van der Waals surface area contributed by atoms with Crippen LogP contribution in [0.25, 0.3) is 10.9 Å². The first-order valence-corrected chi connectivity index (χ1v) is 10.9. The third-order valence-electron chi connectivity index (χ3n) is 6.27. The fourth-order valence-corrected chi connectivity index (χ4v) is 4.79. The second-order valence-electron chi connectivity index (χ2n) is 8.29. The highest BCUT2D eigenvalue weighted by Crippen LogP contribution is 2.35. The second kappa shape index (κ2) is 7.80. The van der Waals surface area contributed by atoms with Gasteiger partial charge in [0.25, 0.3) is 0 Å². The molecule has 1 saturated heterocycles. The van der Waals surface area contributed by atoms with Gasteiger partial charge in [-0.2, -0.15) is 0 Å². The third-order valence-corrected chi connectivity index (χ3v) is 6.62. The molecule has 0 radical (unpaired) electrons. The van der Waals surface area contributed by atoms with E-state index in [1.165, 1.54) is 0 Å². The average Bonchev–Trinajstić information content (AvgIpc) is 3.39. The molecule has 0 bridgehead atoms. The first-order chi connectivity index (χ1) is 14.6. The standard InChI is InChI=1S/C24H24ClN3O2/c25-21-7-3-1-5-17(21)19(20-12-26-22-8-4-2-6-18(20)22)13-27-24(30)15-11-23(29)28(14-15)16-9-10-16/h1-8,12,15-16,19,26H,9-11,13-14H2,(H,27,30). The molecule has 154 valence electrons. The minimum atomic E-state index is -0.270. The highest BCUT2D eigenvalue weighted by Gasteiger charge is 2.41. The number of rotatable bonds is 6. The Kier molecular flexibility index (Phi) is 4.99. The van der Waals surface area contributed by atoms with Crippen molar-refractivity contribution >= 4 is 34.3 Å². The zero-order valence-corrected chi connectivity index (χ0v) is 17.4. The van der Waals surface area contributed by atoms with Crippen molar-refractivity contribution in [2.24, 2.45) is 5.92 Å². The van der Waals surface area contributed by atoms with Gasteiger partial charge in [0.2, 0.25) is 11.8 Å². The topological polar surface area (TPSA) is 65.2 Å². The number of para-hydroxylation sites is 1. The van der Waals surface area contributed by atoms with Gasteiger partial charge in [0.15, 0.2) is 0 Å². The molecule has 2 amide bonds. The molecule has 5 rings (SSSR count). The Morgan fingerprint density at radius 3 is 2.70 bits per heavy atom. The van der Waals surface area contributed by atoms with Gasteiger partial charge in [-0.1, -0.05) is 48.0 Å². The molecular weight excluding hydrogens is 398 g/mol. The molecule has 30 heavy (non-hydrogen) atoms. The van der Waals surface area contributed by atoms with E-state index in [-0.39, 0.29) is 23.7 Å². The molecule has 1 aliphatic heterocycles. The first-order valence-electron chi connectivity index (χ1n) is 10.5. The highest BCUT2D eigenvalue weighted by molar-refractivity contribution is 6.31. The largest absolute Gasteiger partial charge is 0.361 e. The Labute approximate surface area is 180 Å². The molecule has 2 atom stereocenters. The lowest BCUT2D eigenvalue weighted by Crippen LogP contribution is -2.36. The van der Waals surface area contributed by atoms with Crippen molar-refractivity contribution in [2.45, 2.75) is 31.2 Å². The van der Waals surface area contributed by atoms with Gasteiger partial charge in [0.1, 0.15) is 0 Å². The van der Waals surface area contributed by atoms with E-state index in [2.05, 4.69) is 16.4 Å². The Bertz CT molecular complexity index is 1100. The van der Waals surface area contributed by atoms with Crippen LogP contribution in [0.1, 0.15) is 36.3 Å². The van der Waals surface area contributed by atoms with Crippen LogP contribution in [-0.4, -0.2) is 40.8 Å². The lowest BCUT2D eigenvalue weighted by Gasteiger charge is -2.21. The number of benzene rings is 2. The van der Waals surface area contributed by atoms with E-state index < -0.39 is 0 Å². The molecule has 5 nitrogen and oxygen atoms in total. The van der Waals surface area contributed by atoms with E-state index in [1.54, 1.807) is 0 Å². The highest BCUT2D eigenvalue weighted by atomic mass is 35.5. The lowest BCUT2D eigenvalue weighted by molar-refractivity contribution is -0.129. The summed E-state index contributed by atoms with van der Waals surface area (Å²) in [6.45, 7) is 0.970. The van der Waals surface area contributed by atoms with Crippen LogP contribution in [0.3, 0.4) is 0 Å². The summed E-state index contributed by atoms with van der Waals surface area (Å²) in [4.78, 5) is 30.3. The molecular formula is C24H24ClN3O2. The fraction of sp³-hybridized carbons (Fsp3) is 0.333. The second-order valence-corrected chi connectivity index (χ2v) is 8.69. The Balaban J connectivity index is 1.38. The molecule has 2 fully saturated rings. The molecule has 1 aliphatic carbocycles. The van der Waals surface area contributed by atoms with Gasteiger partial charge >= 0.3 is 0 Å². The summed E-state index contributed by atoms with van der Waals surface area (Å²) < 4.78 is 0. The molecule has 1 saturated carbocycles. The number of amides is 2. The SMILES string of the molecule is O=C(NCC(c1ccccc1Cl)c1c[nH]c2ccccc12)C1CC(=O)N(C2CC2)C1. The van der Waals surface area contributed by atoms with Crippen LogP contribution in [0.4, 0.5) is 0 Å². The molecule has 0 spiro atoms. The van der Waals surface area contributed by atoms with Gasteiger partial charge < -0.3 is 15.2 Å². The third kappa shape index (κ3) is 3.58. The van der Waals surface area contributed by atoms with Crippen molar-refractivity contribution < 1.29 is 9.59 Å². The van der Waals surface area contributed by atoms with Gasteiger partial charge in [-0.25, -0.2) is 0 Å². The van der Waals surface area contributed by atoms with Crippen molar-refractivity contribution in [3.8, 4) is 0 Å². The van der Waals surface area contributed by atoms with Crippen molar-refractivity contribution in [1.29, 1.82) is 0 Å². The van der Waals surface area contributed by atoms with Gasteiger partial charge in [-0.3, -0.25) is 9.59 Å². The monoisotopic (exact) mass is 421 g/mol. The van der Waals surface area contributed by atoms with Crippen molar-refractivity contribution in [2.75, 3.05) is 13.1 Å². The fourth-order valence-electron chi connectivity index (χ4n) is 4.52. The number of aromatic nitrogens is 1. The smallest absolute Gasteiger partial charge is 0.225 e. The molecule has 3 aromatic rings. The summed E-state index contributed by atoms with van der Waals surface area (Å²) in [5, 5.41) is 4.91. The molecule has 6 heteroatoms. The summed E-state index contributed by atoms with van der Waals surface area (Å²) in [6, 6.07) is 16.3. The maximum atomic E-state index is 12.9. The summed E-state index contributed by atoms with van der Waals surface area (Å²) in [5.74, 6) is -0.302. The number of carbonyl (C=O) groups is 2. The quantitative estimate of drug-likeness (QED) is 0.629. The van der Waals surface area contributed by atoms with Crippen LogP contribution in [0.2, 0.25) is 5.02 Å². The van der Waals surface area contributed by atoms with Crippen LogP contribution in [0, 0.1) is 5.92 Å². The summed E-state index contributed by atoms with van der Waals surface area (Å²) in [5.41, 5.74) is 3.13. The predicted octanol–water partition coefficient (Wildman–Crippen LogP) is 4.08.